The van der Waals surface area contributed by atoms with Gasteiger partial charge in [-0.05, 0) is 81.1 Å². The molecule has 3 aromatic carbocycles. The van der Waals surface area contributed by atoms with E-state index in [2.05, 4.69) is 49.8 Å². The zero-order chi connectivity index (χ0) is 19.4. The SMILES string of the molecule is Cc1ccc(N=Cc2cc(Br)c(OCc3ccccc3F)c(Br)c2)c(C)c1. The average molecular weight is 491 g/mol. The van der Waals surface area contributed by atoms with Gasteiger partial charge in [-0.1, -0.05) is 35.9 Å². The molecule has 0 N–H and O–H groups in total. The van der Waals surface area contributed by atoms with E-state index in [1.54, 1.807) is 18.2 Å². The van der Waals surface area contributed by atoms with Crippen molar-refractivity contribution in [2.45, 2.75) is 20.5 Å². The lowest BCUT2D eigenvalue weighted by atomic mass is 10.1. The lowest BCUT2D eigenvalue weighted by molar-refractivity contribution is 0.296. The molecule has 0 heterocycles. The first kappa shape index (κ1) is 19.8. The van der Waals surface area contributed by atoms with E-state index in [-0.39, 0.29) is 12.4 Å². The van der Waals surface area contributed by atoms with E-state index < -0.39 is 0 Å². The monoisotopic (exact) mass is 489 g/mol. The first-order valence-electron chi connectivity index (χ1n) is 8.40. The van der Waals surface area contributed by atoms with Gasteiger partial charge in [0, 0.05) is 11.8 Å². The largest absolute Gasteiger partial charge is 0.486 e. The van der Waals surface area contributed by atoms with Gasteiger partial charge in [-0.3, -0.25) is 4.99 Å². The number of halogens is 3. The highest BCUT2D eigenvalue weighted by Gasteiger charge is 2.10. The highest BCUT2D eigenvalue weighted by Crippen LogP contribution is 2.35. The Balaban J connectivity index is 1.78. The van der Waals surface area contributed by atoms with Crippen LogP contribution in [-0.4, -0.2) is 6.21 Å². The van der Waals surface area contributed by atoms with Crippen LogP contribution in [0.25, 0.3) is 0 Å². The predicted molar refractivity (Wildman–Crippen MR) is 116 cm³/mol. The first-order valence-corrected chi connectivity index (χ1v) is 9.99. The molecule has 5 heteroatoms. The third kappa shape index (κ3) is 5.05. The van der Waals surface area contributed by atoms with E-state index in [0.29, 0.717) is 11.3 Å². The number of hydrogen-bond acceptors (Lipinski definition) is 2. The Hall–Kier alpha value is -1.98. The van der Waals surface area contributed by atoms with Gasteiger partial charge in [0.05, 0.1) is 14.6 Å². The summed E-state index contributed by atoms with van der Waals surface area (Å²) >= 11 is 7.06. The molecule has 0 bridgehead atoms. The van der Waals surface area contributed by atoms with Crippen molar-refractivity contribution in [3.05, 3.63) is 91.6 Å². The number of ether oxygens (including phenoxy) is 1. The summed E-state index contributed by atoms with van der Waals surface area (Å²) < 4.78 is 21.1. The van der Waals surface area contributed by atoms with Gasteiger partial charge < -0.3 is 4.74 Å². The van der Waals surface area contributed by atoms with Crippen LogP contribution in [-0.2, 0) is 6.61 Å². The maximum atomic E-state index is 13.8. The molecule has 2 nitrogen and oxygen atoms in total. The molecule has 0 fully saturated rings. The fraction of sp³-hybridized carbons (Fsp3) is 0.136. The van der Waals surface area contributed by atoms with Crippen molar-refractivity contribution in [1.29, 1.82) is 0 Å². The second-order valence-electron chi connectivity index (χ2n) is 6.24. The number of nitrogens with zero attached hydrogens (tertiary/aromatic N) is 1. The molecular formula is C22H18Br2FNO. The van der Waals surface area contributed by atoms with E-state index in [9.17, 15) is 4.39 Å². The summed E-state index contributed by atoms with van der Waals surface area (Å²) in [5.74, 6) is 0.351. The van der Waals surface area contributed by atoms with Crippen LogP contribution in [0.2, 0.25) is 0 Å². The Morgan fingerprint density at radius 1 is 1.00 bits per heavy atom. The quantitative estimate of drug-likeness (QED) is 0.344. The number of aryl methyl sites for hydroxylation is 2. The summed E-state index contributed by atoms with van der Waals surface area (Å²) in [5, 5.41) is 0. The molecule has 27 heavy (non-hydrogen) atoms. The van der Waals surface area contributed by atoms with Crippen molar-refractivity contribution in [2.24, 2.45) is 4.99 Å². The zero-order valence-electron chi connectivity index (χ0n) is 15.0. The van der Waals surface area contributed by atoms with E-state index in [1.165, 1.54) is 11.6 Å². The van der Waals surface area contributed by atoms with E-state index >= 15 is 0 Å². The molecule has 3 rings (SSSR count). The summed E-state index contributed by atoms with van der Waals surface area (Å²) in [6.07, 6.45) is 1.81. The second-order valence-corrected chi connectivity index (χ2v) is 7.95. The number of aliphatic imine (C=N–C) groups is 1. The minimum atomic E-state index is -0.276. The maximum Gasteiger partial charge on any atom is 0.148 e. The number of hydrogen-bond donors (Lipinski definition) is 0. The van der Waals surface area contributed by atoms with Gasteiger partial charge in [0.2, 0.25) is 0 Å². The normalized spacial score (nSPS) is 11.1. The van der Waals surface area contributed by atoms with Crippen LogP contribution < -0.4 is 4.74 Å². The van der Waals surface area contributed by atoms with E-state index in [0.717, 1.165) is 25.8 Å². The Kier molecular flexibility index (Phi) is 6.45. The van der Waals surface area contributed by atoms with Crippen LogP contribution in [0.1, 0.15) is 22.3 Å². The summed E-state index contributed by atoms with van der Waals surface area (Å²) in [4.78, 5) is 4.58. The Morgan fingerprint density at radius 2 is 1.70 bits per heavy atom. The molecule has 138 valence electrons. The van der Waals surface area contributed by atoms with Crippen LogP contribution >= 0.6 is 31.9 Å². The lowest BCUT2D eigenvalue weighted by Crippen LogP contribution is -2.00. The van der Waals surface area contributed by atoms with Crippen molar-refractivity contribution in [2.75, 3.05) is 0 Å². The standard InChI is InChI=1S/C22H18Br2FNO/c1-14-7-8-21(15(2)9-14)26-12-16-10-18(23)22(19(24)11-16)27-13-17-5-3-4-6-20(17)25/h3-12H,13H2,1-2H3. The van der Waals surface area contributed by atoms with Crippen molar-refractivity contribution >= 4 is 43.8 Å². The lowest BCUT2D eigenvalue weighted by Gasteiger charge is -2.12. The molecule has 0 aliphatic carbocycles. The van der Waals surface area contributed by atoms with E-state index in [4.69, 9.17) is 4.74 Å². The molecule has 0 aromatic heterocycles. The van der Waals surface area contributed by atoms with Gasteiger partial charge in [-0.2, -0.15) is 0 Å². The average Bonchev–Trinajstić information content (AvgIpc) is 2.61. The topological polar surface area (TPSA) is 21.6 Å². The molecule has 0 atom stereocenters. The summed E-state index contributed by atoms with van der Waals surface area (Å²) in [6, 6.07) is 16.6. The van der Waals surface area contributed by atoms with E-state index in [1.807, 2.05) is 37.4 Å². The molecule has 0 radical (unpaired) electrons. The van der Waals surface area contributed by atoms with Gasteiger partial charge in [-0.25, -0.2) is 4.39 Å². The molecule has 0 amide bonds. The molecule has 3 aromatic rings. The Bertz CT molecular complexity index is 978. The number of benzene rings is 3. The fourth-order valence-electron chi connectivity index (χ4n) is 2.65. The molecule has 0 aliphatic heterocycles. The van der Waals surface area contributed by atoms with Crippen LogP contribution in [0, 0.1) is 19.7 Å². The van der Waals surface area contributed by atoms with Crippen LogP contribution in [0.3, 0.4) is 0 Å². The van der Waals surface area contributed by atoms with Gasteiger partial charge in [-0.15, -0.1) is 0 Å². The maximum absolute atomic E-state index is 13.8. The minimum absolute atomic E-state index is 0.153. The number of rotatable bonds is 5. The Labute approximate surface area is 175 Å². The highest BCUT2D eigenvalue weighted by molar-refractivity contribution is 9.11. The fourth-order valence-corrected chi connectivity index (χ4v) is 4.10. The molecule has 0 aliphatic rings. The van der Waals surface area contributed by atoms with Gasteiger partial charge in [0.15, 0.2) is 0 Å². The summed E-state index contributed by atoms with van der Waals surface area (Å²) in [6.45, 7) is 4.26. The van der Waals surface area contributed by atoms with Crippen LogP contribution in [0.4, 0.5) is 10.1 Å². The van der Waals surface area contributed by atoms with Crippen molar-refractivity contribution < 1.29 is 9.13 Å². The molecular weight excluding hydrogens is 473 g/mol. The molecule has 0 saturated heterocycles. The van der Waals surface area contributed by atoms with Gasteiger partial charge in [0.25, 0.3) is 0 Å². The Morgan fingerprint density at radius 3 is 2.37 bits per heavy atom. The minimum Gasteiger partial charge on any atom is -0.486 e. The van der Waals surface area contributed by atoms with Crippen LogP contribution in [0.15, 0.2) is 68.5 Å². The van der Waals surface area contributed by atoms with Gasteiger partial charge >= 0.3 is 0 Å². The molecule has 0 spiro atoms. The summed E-state index contributed by atoms with van der Waals surface area (Å²) in [5.41, 5.74) is 4.72. The van der Waals surface area contributed by atoms with Crippen molar-refractivity contribution in [3.63, 3.8) is 0 Å². The smallest absolute Gasteiger partial charge is 0.148 e. The third-order valence-corrected chi connectivity index (χ3v) is 5.23. The first-order chi connectivity index (χ1) is 12.9. The predicted octanol–water partition coefficient (Wildman–Crippen LogP) is 7.30. The second kappa shape index (κ2) is 8.81. The van der Waals surface area contributed by atoms with Gasteiger partial charge in [0.1, 0.15) is 18.2 Å². The molecule has 0 unspecified atom stereocenters. The summed E-state index contributed by atoms with van der Waals surface area (Å²) in [7, 11) is 0. The van der Waals surface area contributed by atoms with Crippen LogP contribution in [0.5, 0.6) is 5.75 Å². The molecule has 0 saturated carbocycles. The highest BCUT2D eigenvalue weighted by atomic mass is 79.9. The third-order valence-electron chi connectivity index (χ3n) is 4.06. The zero-order valence-corrected chi connectivity index (χ0v) is 18.1. The van der Waals surface area contributed by atoms with Crippen molar-refractivity contribution in [1.82, 2.24) is 0 Å². The van der Waals surface area contributed by atoms with Crippen molar-refractivity contribution in [3.8, 4) is 5.75 Å².